The minimum Gasteiger partial charge on any atom is -0.326 e. The molecule has 4 rings (SSSR count). The summed E-state index contributed by atoms with van der Waals surface area (Å²) in [6.07, 6.45) is 2.15. The highest BCUT2D eigenvalue weighted by atomic mass is 32.2. The molecule has 1 aromatic heterocycles. The van der Waals surface area contributed by atoms with Crippen molar-refractivity contribution >= 4 is 46.5 Å². The number of nitrogens with one attached hydrogen (secondary N) is 2. The molecule has 2 N–H and O–H groups in total. The van der Waals surface area contributed by atoms with Gasteiger partial charge in [-0.2, -0.15) is 11.8 Å². The minimum absolute atomic E-state index is 0.0372. The maximum atomic E-state index is 13.0. The van der Waals surface area contributed by atoms with Gasteiger partial charge in [0.2, 0.25) is 11.8 Å². The number of benzene rings is 2. The Morgan fingerprint density at radius 3 is 2.59 bits per heavy atom. The van der Waals surface area contributed by atoms with Crippen molar-refractivity contribution in [3.63, 3.8) is 0 Å². The lowest BCUT2D eigenvalue weighted by Gasteiger charge is -2.29. The predicted octanol–water partition coefficient (Wildman–Crippen LogP) is 3.94. The summed E-state index contributed by atoms with van der Waals surface area (Å²) in [5, 5.41) is 5.62. The third kappa shape index (κ3) is 5.33. The van der Waals surface area contributed by atoms with E-state index in [1.165, 1.54) is 4.90 Å². The Bertz CT molecular complexity index is 1120. The molecule has 2 heterocycles. The summed E-state index contributed by atoms with van der Waals surface area (Å²) < 4.78 is 0. The van der Waals surface area contributed by atoms with Crippen molar-refractivity contribution < 1.29 is 14.4 Å². The van der Waals surface area contributed by atoms with Gasteiger partial charge in [0.1, 0.15) is 6.54 Å². The van der Waals surface area contributed by atoms with Gasteiger partial charge in [-0.15, -0.1) is 0 Å². The number of fused-ring (bicyclic) bond motifs is 1. The quantitative estimate of drug-likeness (QED) is 0.537. The van der Waals surface area contributed by atoms with Crippen molar-refractivity contribution in [2.45, 2.75) is 12.2 Å². The number of nitrogens with zero attached hydrogens (tertiary/aromatic N) is 2. The molecule has 0 spiro atoms. The van der Waals surface area contributed by atoms with E-state index in [1.807, 2.05) is 30.3 Å². The first-order chi connectivity index (χ1) is 15.6. The summed E-state index contributed by atoms with van der Waals surface area (Å²) in [5.74, 6) is 0.870. The fraction of sp³-hybridized carbons (Fsp3) is 0.167. The van der Waals surface area contributed by atoms with Crippen molar-refractivity contribution in [1.82, 2.24) is 4.98 Å². The lowest BCUT2D eigenvalue weighted by molar-refractivity contribution is -0.116. The van der Waals surface area contributed by atoms with Crippen LogP contribution in [0.15, 0.2) is 72.9 Å². The largest absolute Gasteiger partial charge is 0.326 e. The predicted molar refractivity (Wildman–Crippen MR) is 127 cm³/mol. The van der Waals surface area contributed by atoms with Crippen LogP contribution in [0.25, 0.3) is 0 Å². The van der Waals surface area contributed by atoms with Crippen LogP contribution in [-0.4, -0.2) is 35.0 Å². The van der Waals surface area contributed by atoms with Gasteiger partial charge in [-0.1, -0.05) is 18.2 Å². The van der Waals surface area contributed by atoms with Gasteiger partial charge in [0.25, 0.3) is 5.91 Å². The molecule has 2 aromatic carbocycles. The highest BCUT2D eigenvalue weighted by Crippen LogP contribution is 2.30. The second kappa shape index (κ2) is 10.1. The van der Waals surface area contributed by atoms with E-state index in [0.717, 1.165) is 11.4 Å². The number of carbonyl (C=O) groups excluding carboxylic acids is 3. The molecule has 162 valence electrons. The van der Waals surface area contributed by atoms with Crippen LogP contribution in [0.1, 0.15) is 22.5 Å². The third-order valence-electron chi connectivity index (χ3n) is 4.88. The van der Waals surface area contributed by atoms with E-state index < -0.39 is 0 Å². The molecule has 3 amide bonds. The standard InChI is InChI=1S/C24H22N4O3S/c29-22(12-14-32-16-19-5-3-4-13-25-19)26-18-10-8-17(9-11-18)24(31)28-15-23(30)27-20-6-1-2-7-21(20)28/h1-11,13H,12,14-16H2,(H,26,29)(H,27,30). The SMILES string of the molecule is O=C(CCSCc1ccccn1)Nc1ccc(C(=O)N2CC(=O)Nc3ccccc32)cc1. The average molecular weight is 447 g/mol. The highest BCUT2D eigenvalue weighted by Gasteiger charge is 2.27. The van der Waals surface area contributed by atoms with Gasteiger partial charge < -0.3 is 10.6 Å². The van der Waals surface area contributed by atoms with Gasteiger partial charge in [-0.05, 0) is 48.5 Å². The molecule has 0 saturated heterocycles. The first-order valence-electron chi connectivity index (χ1n) is 10.2. The molecule has 0 unspecified atom stereocenters. The number of aromatic nitrogens is 1. The van der Waals surface area contributed by atoms with E-state index in [4.69, 9.17) is 0 Å². The fourth-order valence-electron chi connectivity index (χ4n) is 3.31. The zero-order valence-corrected chi connectivity index (χ0v) is 18.1. The number of para-hydroxylation sites is 2. The van der Waals surface area contributed by atoms with Crippen LogP contribution in [0, 0.1) is 0 Å². The van der Waals surface area contributed by atoms with E-state index in [1.54, 1.807) is 54.4 Å². The van der Waals surface area contributed by atoms with E-state index in [0.29, 0.717) is 34.8 Å². The number of carbonyl (C=O) groups is 3. The molecular formula is C24H22N4O3S. The molecule has 32 heavy (non-hydrogen) atoms. The van der Waals surface area contributed by atoms with Gasteiger partial charge in [0.05, 0.1) is 17.1 Å². The molecular weight excluding hydrogens is 424 g/mol. The summed E-state index contributed by atoms with van der Waals surface area (Å²) in [6, 6.07) is 19.7. The van der Waals surface area contributed by atoms with Gasteiger partial charge in [-0.3, -0.25) is 24.3 Å². The maximum absolute atomic E-state index is 13.0. The zero-order valence-electron chi connectivity index (χ0n) is 17.3. The van der Waals surface area contributed by atoms with Gasteiger partial charge >= 0.3 is 0 Å². The first-order valence-corrected chi connectivity index (χ1v) is 11.3. The molecule has 1 aliphatic heterocycles. The monoisotopic (exact) mass is 446 g/mol. The number of thioether (sulfide) groups is 1. The van der Waals surface area contributed by atoms with Crippen LogP contribution in [0.3, 0.4) is 0 Å². The molecule has 0 saturated carbocycles. The average Bonchev–Trinajstić information content (AvgIpc) is 2.82. The number of hydrogen-bond donors (Lipinski definition) is 2. The van der Waals surface area contributed by atoms with Gasteiger partial charge in [-0.25, -0.2) is 0 Å². The van der Waals surface area contributed by atoms with Crippen LogP contribution in [-0.2, 0) is 15.3 Å². The number of hydrogen-bond acceptors (Lipinski definition) is 5. The maximum Gasteiger partial charge on any atom is 0.258 e. The first kappa shape index (κ1) is 21.6. The zero-order chi connectivity index (χ0) is 22.3. The van der Waals surface area contributed by atoms with E-state index in [9.17, 15) is 14.4 Å². The molecule has 0 radical (unpaired) electrons. The number of amides is 3. The summed E-state index contributed by atoms with van der Waals surface area (Å²) in [7, 11) is 0. The van der Waals surface area contributed by atoms with Crippen LogP contribution >= 0.6 is 11.8 Å². The van der Waals surface area contributed by atoms with E-state index in [2.05, 4.69) is 15.6 Å². The summed E-state index contributed by atoms with van der Waals surface area (Å²) in [4.78, 5) is 42.9. The van der Waals surface area contributed by atoms with E-state index in [-0.39, 0.29) is 24.3 Å². The normalized spacial score (nSPS) is 12.6. The lowest BCUT2D eigenvalue weighted by atomic mass is 10.1. The van der Waals surface area contributed by atoms with Crippen molar-refractivity contribution in [3.8, 4) is 0 Å². The summed E-state index contributed by atoms with van der Waals surface area (Å²) >= 11 is 1.66. The third-order valence-corrected chi connectivity index (χ3v) is 5.87. The molecule has 0 atom stereocenters. The number of anilines is 3. The number of pyridine rings is 1. The van der Waals surface area contributed by atoms with Crippen LogP contribution in [0.4, 0.5) is 17.1 Å². The Balaban J connectivity index is 1.31. The topological polar surface area (TPSA) is 91.4 Å². The van der Waals surface area contributed by atoms with Gasteiger partial charge in [0, 0.05) is 35.4 Å². The Morgan fingerprint density at radius 2 is 1.81 bits per heavy atom. The number of rotatable bonds is 7. The van der Waals surface area contributed by atoms with Crippen molar-refractivity contribution in [1.29, 1.82) is 0 Å². The molecule has 8 heteroatoms. The fourth-order valence-corrected chi connectivity index (χ4v) is 4.17. The highest BCUT2D eigenvalue weighted by molar-refractivity contribution is 7.98. The molecule has 0 bridgehead atoms. The van der Waals surface area contributed by atoms with Gasteiger partial charge in [0.15, 0.2) is 0 Å². The van der Waals surface area contributed by atoms with Crippen molar-refractivity contribution in [2.24, 2.45) is 0 Å². The molecule has 0 fully saturated rings. The van der Waals surface area contributed by atoms with Crippen LogP contribution in [0.2, 0.25) is 0 Å². The Kier molecular flexibility index (Phi) is 6.81. The second-order valence-corrected chi connectivity index (χ2v) is 8.31. The summed E-state index contributed by atoms with van der Waals surface area (Å²) in [5.41, 5.74) is 3.34. The Hall–Kier alpha value is -3.65. The lowest BCUT2D eigenvalue weighted by Crippen LogP contribution is -2.42. The molecule has 7 nitrogen and oxygen atoms in total. The van der Waals surface area contributed by atoms with Crippen LogP contribution < -0.4 is 15.5 Å². The van der Waals surface area contributed by atoms with E-state index >= 15 is 0 Å². The van der Waals surface area contributed by atoms with Crippen molar-refractivity contribution in [3.05, 3.63) is 84.2 Å². The smallest absolute Gasteiger partial charge is 0.258 e. The Morgan fingerprint density at radius 1 is 1.03 bits per heavy atom. The Labute approximate surface area is 190 Å². The van der Waals surface area contributed by atoms with Crippen molar-refractivity contribution in [2.75, 3.05) is 27.8 Å². The molecule has 1 aliphatic rings. The second-order valence-electron chi connectivity index (χ2n) is 7.21. The van der Waals surface area contributed by atoms with Crippen LogP contribution in [0.5, 0.6) is 0 Å². The molecule has 0 aliphatic carbocycles. The minimum atomic E-state index is -0.268. The molecule has 3 aromatic rings. The summed E-state index contributed by atoms with van der Waals surface area (Å²) in [6.45, 7) is -0.0372.